The molecule has 0 bridgehead atoms. The van der Waals surface area contributed by atoms with E-state index >= 15 is 0 Å². The average molecular weight is 261 g/mol. The van der Waals surface area contributed by atoms with Crippen LogP contribution in [0.5, 0.6) is 0 Å². The molecule has 0 amide bonds. The first-order chi connectivity index (χ1) is 8.95. The number of nitro benzene ring substituents is 1. The van der Waals surface area contributed by atoms with Crippen LogP contribution < -0.4 is 0 Å². The average Bonchev–Trinajstić information content (AvgIpc) is 2.36. The molecule has 0 spiro atoms. The monoisotopic (exact) mass is 261 g/mol. The van der Waals surface area contributed by atoms with Crippen LogP contribution in [-0.2, 0) is 9.53 Å². The summed E-state index contributed by atoms with van der Waals surface area (Å²) in [6.45, 7) is 3.12. The molecule has 0 fully saturated rings. The Morgan fingerprint density at radius 3 is 2.63 bits per heavy atom. The van der Waals surface area contributed by atoms with Gasteiger partial charge in [-0.05, 0) is 31.9 Å². The van der Waals surface area contributed by atoms with Gasteiger partial charge < -0.3 is 4.74 Å². The number of hydrogen-bond donors (Lipinski definition) is 0. The molecule has 0 atom stereocenters. The van der Waals surface area contributed by atoms with Gasteiger partial charge in [0, 0.05) is 17.6 Å². The first kappa shape index (κ1) is 14.4. The Bertz CT molecular complexity index is 595. The van der Waals surface area contributed by atoms with Crippen molar-refractivity contribution in [3.8, 4) is 11.8 Å². The molecule has 0 heterocycles. The Kier molecular flexibility index (Phi) is 4.77. The van der Waals surface area contributed by atoms with E-state index in [1.165, 1.54) is 19.1 Å². The number of benzene rings is 1. The lowest BCUT2D eigenvalue weighted by molar-refractivity contribution is -0.385. The van der Waals surface area contributed by atoms with Crippen LogP contribution in [0.1, 0.15) is 29.8 Å². The zero-order valence-electron chi connectivity index (χ0n) is 10.4. The Balaban J connectivity index is 3.17. The molecule has 1 aromatic carbocycles. The maximum Gasteiger partial charge on any atom is 0.384 e. The van der Waals surface area contributed by atoms with Crippen LogP contribution in [0.25, 0.3) is 0 Å². The van der Waals surface area contributed by atoms with Gasteiger partial charge in [-0.3, -0.25) is 14.9 Å². The van der Waals surface area contributed by atoms with Gasteiger partial charge >= 0.3 is 5.97 Å². The molecule has 0 saturated heterocycles. The van der Waals surface area contributed by atoms with Crippen LogP contribution >= 0.6 is 0 Å². The summed E-state index contributed by atoms with van der Waals surface area (Å²) in [5.41, 5.74) is -0.0408. The zero-order valence-corrected chi connectivity index (χ0v) is 10.4. The summed E-state index contributed by atoms with van der Waals surface area (Å²) in [5, 5.41) is 10.9. The van der Waals surface area contributed by atoms with E-state index < -0.39 is 10.9 Å². The van der Waals surface area contributed by atoms with E-state index in [1.807, 2.05) is 0 Å². The second-order valence-corrected chi connectivity index (χ2v) is 3.52. The highest BCUT2D eigenvalue weighted by molar-refractivity contribution is 5.95. The summed E-state index contributed by atoms with van der Waals surface area (Å²) in [5.74, 6) is 3.47. The second-order valence-electron chi connectivity index (χ2n) is 3.52. The number of nitro groups is 1. The van der Waals surface area contributed by atoms with Crippen molar-refractivity contribution in [3.63, 3.8) is 0 Å². The third-order valence-electron chi connectivity index (χ3n) is 2.18. The van der Waals surface area contributed by atoms with Crippen LogP contribution in [0, 0.1) is 22.0 Å². The van der Waals surface area contributed by atoms with Crippen molar-refractivity contribution < 1.29 is 19.2 Å². The number of nitrogens with zero attached hydrogens (tertiary/aromatic N) is 1. The molecule has 1 aromatic rings. The maximum absolute atomic E-state index is 11.2. The van der Waals surface area contributed by atoms with Gasteiger partial charge in [-0.2, -0.15) is 0 Å². The largest absolute Gasteiger partial charge is 0.456 e. The van der Waals surface area contributed by atoms with Gasteiger partial charge in [-0.15, -0.1) is 0 Å². The maximum atomic E-state index is 11.2. The molecule has 0 saturated carbocycles. The van der Waals surface area contributed by atoms with Gasteiger partial charge in [-0.25, -0.2) is 4.79 Å². The number of hydrogen-bond acceptors (Lipinski definition) is 5. The van der Waals surface area contributed by atoms with E-state index in [0.717, 1.165) is 6.07 Å². The third-order valence-corrected chi connectivity index (χ3v) is 2.18. The quantitative estimate of drug-likeness (QED) is 0.272. The van der Waals surface area contributed by atoms with Crippen LogP contribution in [0.2, 0.25) is 0 Å². The van der Waals surface area contributed by atoms with E-state index in [0.29, 0.717) is 0 Å². The number of carbonyl (C=O) groups excluding carboxylic acids is 2. The van der Waals surface area contributed by atoms with Gasteiger partial charge in [0.15, 0.2) is 5.78 Å². The summed E-state index contributed by atoms with van der Waals surface area (Å²) in [7, 11) is 0. The Morgan fingerprint density at radius 2 is 2.11 bits per heavy atom. The minimum Gasteiger partial charge on any atom is -0.456 e. The lowest BCUT2D eigenvalue weighted by Gasteiger charge is -1.98. The van der Waals surface area contributed by atoms with E-state index in [-0.39, 0.29) is 29.2 Å². The SMILES string of the molecule is CCOC(=O)C#Cc1ccc(C(C)=O)cc1[N+](=O)[O-]. The first-order valence-electron chi connectivity index (χ1n) is 5.43. The predicted molar refractivity (Wildman–Crippen MR) is 66.6 cm³/mol. The normalized spacial score (nSPS) is 9.16. The smallest absolute Gasteiger partial charge is 0.384 e. The Hall–Kier alpha value is -2.68. The molecule has 0 aromatic heterocycles. The fourth-order valence-corrected chi connectivity index (χ4v) is 1.29. The minimum atomic E-state index is -0.757. The molecule has 0 aliphatic heterocycles. The van der Waals surface area contributed by atoms with Crippen LogP contribution in [0.15, 0.2) is 18.2 Å². The standard InChI is InChI=1S/C13H11NO5/c1-3-19-13(16)7-6-10-4-5-11(9(2)15)8-12(10)14(17)18/h4-5,8H,3H2,1-2H3. The fraction of sp³-hybridized carbons (Fsp3) is 0.231. The summed E-state index contributed by atoms with van der Waals surface area (Å²) in [4.78, 5) is 32.4. The highest BCUT2D eigenvalue weighted by Gasteiger charge is 2.14. The first-order valence-corrected chi connectivity index (χ1v) is 5.43. The van der Waals surface area contributed by atoms with Crippen molar-refractivity contribution in [2.75, 3.05) is 6.61 Å². The molecular weight excluding hydrogens is 250 g/mol. The summed E-state index contributed by atoms with van der Waals surface area (Å²) in [6.07, 6.45) is 0. The van der Waals surface area contributed by atoms with Crippen molar-refractivity contribution in [3.05, 3.63) is 39.4 Å². The van der Waals surface area contributed by atoms with E-state index in [2.05, 4.69) is 16.6 Å². The highest BCUT2D eigenvalue weighted by atomic mass is 16.6. The second kappa shape index (κ2) is 6.31. The van der Waals surface area contributed by atoms with Crippen LogP contribution in [0.3, 0.4) is 0 Å². The van der Waals surface area contributed by atoms with Gasteiger partial charge in [0.25, 0.3) is 5.69 Å². The van der Waals surface area contributed by atoms with Crippen molar-refractivity contribution in [1.82, 2.24) is 0 Å². The lowest BCUT2D eigenvalue weighted by atomic mass is 10.1. The molecule has 98 valence electrons. The molecule has 1 rings (SSSR count). The number of Topliss-reactive ketones (excluding diaryl/α,β-unsaturated/α-hetero) is 1. The highest BCUT2D eigenvalue weighted by Crippen LogP contribution is 2.19. The van der Waals surface area contributed by atoms with Gasteiger partial charge in [0.2, 0.25) is 0 Å². The topological polar surface area (TPSA) is 86.5 Å². The molecule has 0 radical (unpaired) electrons. The Labute approximate surface area is 109 Å². The molecule has 0 aliphatic carbocycles. The summed E-state index contributed by atoms with van der Waals surface area (Å²) < 4.78 is 4.59. The molecule has 0 N–H and O–H groups in total. The summed E-state index contributed by atoms with van der Waals surface area (Å²) >= 11 is 0. The molecule has 0 aliphatic rings. The number of ketones is 1. The number of esters is 1. The lowest BCUT2D eigenvalue weighted by Crippen LogP contribution is -2.01. The van der Waals surface area contributed by atoms with Gasteiger partial charge in [0.05, 0.1) is 11.5 Å². The summed E-state index contributed by atoms with van der Waals surface area (Å²) in [6, 6.07) is 3.89. The molecule has 0 unspecified atom stereocenters. The Morgan fingerprint density at radius 1 is 1.42 bits per heavy atom. The molecule has 19 heavy (non-hydrogen) atoms. The zero-order chi connectivity index (χ0) is 14.4. The molecule has 6 heteroatoms. The van der Waals surface area contributed by atoms with Crippen molar-refractivity contribution >= 4 is 17.4 Å². The van der Waals surface area contributed by atoms with Gasteiger partial charge in [0.1, 0.15) is 5.56 Å². The van der Waals surface area contributed by atoms with Gasteiger partial charge in [-0.1, -0.05) is 0 Å². The fourth-order valence-electron chi connectivity index (χ4n) is 1.29. The number of carbonyl (C=O) groups is 2. The van der Waals surface area contributed by atoms with E-state index in [1.54, 1.807) is 6.92 Å². The predicted octanol–water partition coefficient (Wildman–Crippen LogP) is 1.71. The van der Waals surface area contributed by atoms with E-state index in [4.69, 9.17) is 0 Å². The number of rotatable bonds is 3. The van der Waals surface area contributed by atoms with Crippen LogP contribution in [0.4, 0.5) is 5.69 Å². The minimum absolute atomic E-state index is 0.0584. The van der Waals surface area contributed by atoms with Crippen molar-refractivity contribution in [1.29, 1.82) is 0 Å². The molecular formula is C13H11NO5. The number of ether oxygens (including phenoxy) is 1. The third kappa shape index (κ3) is 3.92. The van der Waals surface area contributed by atoms with E-state index in [9.17, 15) is 19.7 Å². The van der Waals surface area contributed by atoms with Crippen molar-refractivity contribution in [2.24, 2.45) is 0 Å². The van der Waals surface area contributed by atoms with Crippen molar-refractivity contribution in [2.45, 2.75) is 13.8 Å². The van der Waals surface area contributed by atoms with Crippen LogP contribution in [-0.4, -0.2) is 23.3 Å². The molecule has 6 nitrogen and oxygen atoms in total.